The van der Waals surface area contributed by atoms with Gasteiger partial charge in [-0.15, -0.1) is 0 Å². The smallest absolute Gasteiger partial charge is 0.236 e. The van der Waals surface area contributed by atoms with E-state index in [9.17, 15) is 4.79 Å². The number of benzene rings is 1. The van der Waals surface area contributed by atoms with Crippen LogP contribution in [0.25, 0.3) is 0 Å². The average molecular weight is 294 g/mol. The molecule has 1 atom stereocenters. The summed E-state index contributed by atoms with van der Waals surface area (Å²) in [5.74, 6) is -0.104. The molecule has 0 N–H and O–H groups in total. The number of hydrogen-bond acceptors (Lipinski definition) is 2. The Morgan fingerprint density at radius 1 is 0.909 bits per heavy atom. The van der Waals surface area contributed by atoms with Gasteiger partial charge in [0.05, 0.1) is 5.69 Å². The first-order chi connectivity index (χ1) is 10.9. The molecule has 2 aromatic rings. The van der Waals surface area contributed by atoms with E-state index in [-0.39, 0.29) is 11.8 Å². The normalized spacial score (nSPS) is 16.8. The zero-order valence-electron chi connectivity index (χ0n) is 12.8. The van der Waals surface area contributed by atoms with E-state index < -0.39 is 0 Å². The van der Waals surface area contributed by atoms with Crippen LogP contribution < -0.4 is 0 Å². The van der Waals surface area contributed by atoms with Gasteiger partial charge < -0.3 is 4.90 Å². The number of pyridine rings is 1. The number of rotatable bonds is 3. The van der Waals surface area contributed by atoms with Gasteiger partial charge in [-0.25, -0.2) is 0 Å². The van der Waals surface area contributed by atoms with E-state index in [0.29, 0.717) is 0 Å². The maximum absolute atomic E-state index is 13.1. The second-order valence-electron chi connectivity index (χ2n) is 5.84. The molecule has 0 saturated carbocycles. The lowest BCUT2D eigenvalue weighted by Gasteiger charge is -2.26. The molecule has 0 aliphatic carbocycles. The maximum atomic E-state index is 13.1. The zero-order chi connectivity index (χ0) is 15.2. The summed E-state index contributed by atoms with van der Waals surface area (Å²) < 4.78 is 0. The molecule has 1 amide bonds. The molecule has 0 bridgehead atoms. The van der Waals surface area contributed by atoms with Crippen molar-refractivity contribution in [2.75, 3.05) is 13.1 Å². The van der Waals surface area contributed by atoms with Gasteiger partial charge in [0, 0.05) is 19.3 Å². The van der Waals surface area contributed by atoms with Crippen molar-refractivity contribution in [1.82, 2.24) is 9.88 Å². The van der Waals surface area contributed by atoms with Crippen molar-refractivity contribution in [3.05, 3.63) is 66.0 Å². The first kappa shape index (κ1) is 14.8. The van der Waals surface area contributed by atoms with E-state index >= 15 is 0 Å². The molecular weight excluding hydrogens is 272 g/mol. The Hall–Kier alpha value is -2.16. The van der Waals surface area contributed by atoms with E-state index in [0.717, 1.165) is 37.2 Å². The maximum Gasteiger partial charge on any atom is 0.236 e. The van der Waals surface area contributed by atoms with Crippen molar-refractivity contribution in [2.24, 2.45) is 0 Å². The third kappa shape index (κ3) is 3.35. The number of carbonyl (C=O) groups is 1. The van der Waals surface area contributed by atoms with E-state index in [4.69, 9.17) is 0 Å². The van der Waals surface area contributed by atoms with Crippen molar-refractivity contribution in [3.8, 4) is 0 Å². The molecule has 22 heavy (non-hydrogen) atoms. The average Bonchev–Trinajstić information content (AvgIpc) is 2.86. The predicted molar refractivity (Wildman–Crippen MR) is 87.6 cm³/mol. The minimum absolute atomic E-state index is 0.187. The monoisotopic (exact) mass is 294 g/mol. The Morgan fingerprint density at radius 3 is 2.23 bits per heavy atom. The second kappa shape index (κ2) is 7.21. The zero-order valence-corrected chi connectivity index (χ0v) is 12.8. The third-order valence-electron chi connectivity index (χ3n) is 4.28. The topological polar surface area (TPSA) is 33.2 Å². The first-order valence-corrected chi connectivity index (χ1v) is 8.11. The summed E-state index contributed by atoms with van der Waals surface area (Å²) in [6, 6.07) is 15.8. The Kier molecular flexibility index (Phi) is 4.84. The highest BCUT2D eigenvalue weighted by molar-refractivity contribution is 5.86. The molecule has 1 aliphatic rings. The van der Waals surface area contributed by atoms with Gasteiger partial charge >= 0.3 is 0 Å². The van der Waals surface area contributed by atoms with Crippen LogP contribution in [0.3, 0.4) is 0 Å². The predicted octanol–water partition coefficient (Wildman–Crippen LogP) is 3.62. The van der Waals surface area contributed by atoms with E-state index in [2.05, 4.69) is 4.98 Å². The first-order valence-electron chi connectivity index (χ1n) is 8.11. The standard InChI is InChI=1S/C19H22N2O/c22-19(21-14-8-1-2-9-15-21)18(16-10-4-3-5-11-16)17-12-6-7-13-20-17/h3-7,10-13,18H,1-2,8-9,14-15H2. The van der Waals surface area contributed by atoms with Gasteiger partial charge in [0.15, 0.2) is 0 Å². The fourth-order valence-electron chi connectivity index (χ4n) is 3.11. The second-order valence-corrected chi connectivity index (χ2v) is 5.84. The Bertz CT molecular complexity index is 550. The van der Waals surface area contributed by atoms with Crippen molar-refractivity contribution in [3.63, 3.8) is 0 Å². The lowest BCUT2D eigenvalue weighted by molar-refractivity contribution is -0.131. The van der Waals surface area contributed by atoms with Gasteiger partial charge in [0.1, 0.15) is 5.92 Å². The van der Waals surface area contributed by atoms with Gasteiger partial charge in [-0.2, -0.15) is 0 Å². The summed E-state index contributed by atoms with van der Waals surface area (Å²) in [7, 11) is 0. The lowest BCUT2D eigenvalue weighted by atomic mass is 9.93. The van der Waals surface area contributed by atoms with Gasteiger partial charge in [-0.1, -0.05) is 49.2 Å². The SMILES string of the molecule is O=C(C(c1ccccc1)c1ccccn1)N1CCCCCC1. The Morgan fingerprint density at radius 2 is 1.59 bits per heavy atom. The minimum atomic E-state index is -0.291. The van der Waals surface area contributed by atoms with Crippen molar-refractivity contribution >= 4 is 5.91 Å². The molecule has 0 spiro atoms. The summed E-state index contributed by atoms with van der Waals surface area (Å²) in [6.45, 7) is 1.74. The fraction of sp³-hybridized carbons (Fsp3) is 0.368. The fourth-order valence-corrected chi connectivity index (χ4v) is 3.11. The molecule has 1 aliphatic heterocycles. The summed E-state index contributed by atoms with van der Waals surface area (Å²) >= 11 is 0. The van der Waals surface area contributed by atoms with Crippen LogP contribution in [0.15, 0.2) is 54.7 Å². The number of aromatic nitrogens is 1. The summed E-state index contributed by atoms with van der Waals surface area (Å²) in [6.07, 6.45) is 6.43. The van der Waals surface area contributed by atoms with Crippen LogP contribution in [-0.4, -0.2) is 28.9 Å². The van der Waals surface area contributed by atoms with Gasteiger partial charge in [0.25, 0.3) is 0 Å². The van der Waals surface area contributed by atoms with Gasteiger partial charge in [0.2, 0.25) is 5.91 Å². The molecule has 3 heteroatoms. The highest BCUT2D eigenvalue weighted by atomic mass is 16.2. The molecule has 3 rings (SSSR count). The lowest BCUT2D eigenvalue weighted by Crippen LogP contribution is -2.36. The van der Waals surface area contributed by atoms with Crippen LogP contribution in [0, 0.1) is 0 Å². The highest BCUT2D eigenvalue weighted by Crippen LogP contribution is 2.26. The van der Waals surface area contributed by atoms with Crippen molar-refractivity contribution < 1.29 is 4.79 Å². The number of carbonyl (C=O) groups excluding carboxylic acids is 1. The van der Waals surface area contributed by atoms with Crippen LogP contribution in [0.4, 0.5) is 0 Å². The van der Waals surface area contributed by atoms with E-state index in [1.807, 2.05) is 53.4 Å². The van der Waals surface area contributed by atoms with Crippen LogP contribution >= 0.6 is 0 Å². The molecule has 3 nitrogen and oxygen atoms in total. The molecule has 1 aromatic carbocycles. The molecule has 1 unspecified atom stereocenters. The van der Waals surface area contributed by atoms with E-state index in [1.165, 1.54) is 12.8 Å². The molecule has 1 fully saturated rings. The van der Waals surface area contributed by atoms with Crippen LogP contribution in [-0.2, 0) is 4.79 Å². The molecule has 2 heterocycles. The molecule has 0 radical (unpaired) electrons. The molecule has 114 valence electrons. The number of hydrogen-bond donors (Lipinski definition) is 0. The van der Waals surface area contributed by atoms with Crippen molar-refractivity contribution in [1.29, 1.82) is 0 Å². The number of nitrogens with zero attached hydrogens (tertiary/aromatic N) is 2. The quantitative estimate of drug-likeness (QED) is 0.866. The van der Waals surface area contributed by atoms with Gasteiger partial charge in [-0.05, 0) is 30.5 Å². The Labute approximate surface area is 132 Å². The van der Waals surface area contributed by atoms with Crippen LogP contribution in [0.2, 0.25) is 0 Å². The molecule has 1 aromatic heterocycles. The molecule has 1 saturated heterocycles. The molecular formula is C19H22N2O. The van der Waals surface area contributed by atoms with E-state index in [1.54, 1.807) is 6.20 Å². The number of likely N-dealkylation sites (tertiary alicyclic amines) is 1. The van der Waals surface area contributed by atoms with Gasteiger partial charge in [-0.3, -0.25) is 9.78 Å². The van der Waals surface area contributed by atoms with Crippen LogP contribution in [0.1, 0.15) is 42.9 Å². The highest BCUT2D eigenvalue weighted by Gasteiger charge is 2.28. The summed E-state index contributed by atoms with van der Waals surface area (Å²) in [4.78, 5) is 19.6. The third-order valence-corrected chi connectivity index (χ3v) is 4.28. The Balaban J connectivity index is 1.93. The number of amides is 1. The summed E-state index contributed by atoms with van der Waals surface area (Å²) in [5, 5.41) is 0. The van der Waals surface area contributed by atoms with Crippen LogP contribution in [0.5, 0.6) is 0 Å². The minimum Gasteiger partial charge on any atom is -0.342 e. The summed E-state index contributed by atoms with van der Waals surface area (Å²) in [5.41, 5.74) is 1.86. The van der Waals surface area contributed by atoms with Crippen molar-refractivity contribution in [2.45, 2.75) is 31.6 Å². The largest absolute Gasteiger partial charge is 0.342 e.